The molecule has 2 unspecified atom stereocenters. The van der Waals surface area contributed by atoms with Gasteiger partial charge in [0.15, 0.2) is 11.5 Å². The van der Waals surface area contributed by atoms with Crippen LogP contribution in [0.3, 0.4) is 0 Å². The molecule has 1 aromatic heterocycles. The summed E-state index contributed by atoms with van der Waals surface area (Å²) in [6.07, 6.45) is 2.97. The Hall–Kier alpha value is -6.04. The predicted octanol–water partition coefficient (Wildman–Crippen LogP) is 6.90. The molecule has 3 N–H and O–H groups in total. The van der Waals surface area contributed by atoms with Gasteiger partial charge < -0.3 is 19.9 Å². The van der Waals surface area contributed by atoms with Gasteiger partial charge >= 0.3 is 6.03 Å². The van der Waals surface area contributed by atoms with Crippen molar-refractivity contribution in [1.82, 2.24) is 15.5 Å². The van der Waals surface area contributed by atoms with E-state index in [2.05, 4.69) is 15.5 Å². The van der Waals surface area contributed by atoms with Crippen LogP contribution in [-0.2, 0) is 22.4 Å². The summed E-state index contributed by atoms with van der Waals surface area (Å²) in [6, 6.07) is 18.2. The molecule has 12 heteroatoms. The van der Waals surface area contributed by atoms with Crippen LogP contribution in [0.4, 0.5) is 19.3 Å². The number of ether oxygens (including phenoxy) is 2. The van der Waals surface area contributed by atoms with Crippen molar-refractivity contribution in [3.05, 3.63) is 124 Å². The Morgan fingerprint density at radius 1 is 0.792 bits per heavy atom. The van der Waals surface area contributed by atoms with Crippen molar-refractivity contribution in [1.29, 1.82) is 0 Å². The molecule has 0 bridgehead atoms. The zero-order valence-electron chi connectivity index (χ0n) is 29.5. The number of aryl methyl sites for hydroxylation is 1. The number of aromatic nitrogens is 2. The number of anilines is 1. The number of nitrogens with one attached hydrogen (secondary N) is 2. The van der Waals surface area contributed by atoms with Crippen LogP contribution >= 0.6 is 0 Å². The summed E-state index contributed by atoms with van der Waals surface area (Å²) in [6.45, 7) is 3.02. The summed E-state index contributed by atoms with van der Waals surface area (Å²) >= 11 is 0. The Morgan fingerprint density at radius 3 is 2.11 bits per heavy atom. The lowest BCUT2D eigenvalue weighted by atomic mass is 9.77. The Bertz CT molecular complexity index is 2230. The number of benzene rings is 4. The minimum Gasteiger partial charge on any atom is -0.508 e. The molecule has 10 nitrogen and oxygen atoms in total. The summed E-state index contributed by atoms with van der Waals surface area (Å²) in [5.41, 5.74) is 8.07. The Morgan fingerprint density at radius 2 is 1.45 bits per heavy atom. The molecular formula is C41H38F2N4O6. The highest BCUT2D eigenvalue weighted by molar-refractivity contribution is 5.94. The van der Waals surface area contributed by atoms with Crippen molar-refractivity contribution >= 4 is 23.3 Å². The Kier molecular flexibility index (Phi) is 9.70. The van der Waals surface area contributed by atoms with E-state index in [1.807, 2.05) is 31.2 Å². The SMILES string of the molecule is COc1cc(F)c(C2CC(=O)Cc3cc(N4CCNC4=O)ccc32)cc1OC.Cc1cc2c(cc1O)CC(=O)CC2c1cn[nH]c1-c1ccc(F)cc1. The number of aromatic amines is 1. The average molecular weight is 721 g/mol. The van der Waals surface area contributed by atoms with Crippen molar-refractivity contribution in [2.45, 2.75) is 44.4 Å². The number of halogens is 2. The first-order chi connectivity index (χ1) is 25.5. The van der Waals surface area contributed by atoms with Gasteiger partial charge in [0, 0.05) is 73.5 Å². The molecule has 3 aliphatic rings. The molecule has 2 aliphatic carbocycles. The number of ketones is 2. The van der Waals surface area contributed by atoms with Gasteiger partial charge in [0.05, 0.1) is 26.1 Å². The number of hydrogen-bond acceptors (Lipinski definition) is 7. The number of H-pyrrole nitrogens is 1. The number of phenols is 1. The lowest BCUT2D eigenvalue weighted by Gasteiger charge is -2.27. The number of aromatic hydroxyl groups is 1. The summed E-state index contributed by atoms with van der Waals surface area (Å²) in [5, 5.41) is 19.9. The van der Waals surface area contributed by atoms with Crippen molar-refractivity contribution in [3.8, 4) is 28.5 Å². The smallest absolute Gasteiger partial charge is 0.321 e. The maximum Gasteiger partial charge on any atom is 0.321 e. The van der Waals surface area contributed by atoms with Crippen LogP contribution in [0.5, 0.6) is 17.2 Å². The molecule has 1 fully saturated rings. The summed E-state index contributed by atoms with van der Waals surface area (Å²) < 4.78 is 38.5. The highest BCUT2D eigenvalue weighted by atomic mass is 19.1. The van der Waals surface area contributed by atoms with Crippen LogP contribution in [0.2, 0.25) is 0 Å². The predicted molar refractivity (Wildman–Crippen MR) is 194 cm³/mol. The molecule has 0 spiro atoms. The van der Waals surface area contributed by atoms with Crippen LogP contribution in [0.1, 0.15) is 63.6 Å². The van der Waals surface area contributed by atoms with E-state index in [1.165, 1.54) is 32.4 Å². The van der Waals surface area contributed by atoms with Gasteiger partial charge in [0.25, 0.3) is 0 Å². The fourth-order valence-corrected chi connectivity index (χ4v) is 7.55. The van der Waals surface area contributed by atoms with Crippen LogP contribution < -0.4 is 19.7 Å². The largest absolute Gasteiger partial charge is 0.508 e. The number of urea groups is 1. The molecule has 1 aliphatic heterocycles. The number of methoxy groups -OCH3 is 2. The molecule has 0 saturated carbocycles. The topological polar surface area (TPSA) is 134 Å². The van der Waals surface area contributed by atoms with Gasteiger partial charge in [-0.05, 0) is 88.8 Å². The molecule has 4 aromatic carbocycles. The van der Waals surface area contributed by atoms with Gasteiger partial charge in [-0.25, -0.2) is 13.6 Å². The van der Waals surface area contributed by atoms with Crippen LogP contribution in [0, 0.1) is 18.6 Å². The quantitative estimate of drug-likeness (QED) is 0.174. The van der Waals surface area contributed by atoms with Crippen molar-refractivity contribution < 1.29 is 37.7 Å². The van der Waals surface area contributed by atoms with E-state index in [1.54, 1.807) is 35.4 Å². The Balaban J connectivity index is 0.000000165. The second-order valence-corrected chi connectivity index (χ2v) is 13.5. The summed E-state index contributed by atoms with van der Waals surface area (Å²) in [5.74, 6) is -0.169. The molecule has 5 aromatic rings. The first-order valence-corrected chi connectivity index (χ1v) is 17.3. The minimum absolute atomic E-state index is 0.0368. The average Bonchev–Trinajstić information content (AvgIpc) is 3.81. The van der Waals surface area contributed by atoms with Gasteiger partial charge in [-0.2, -0.15) is 5.10 Å². The molecule has 0 radical (unpaired) electrons. The van der Waals surface area contributed by atoms with Crippen molar-refractivity contribution in [2.24, 2.45) is 0 Å². The first-order valence-electron chi connectivity index (χ1n) is 17.3. The zero-order valence-corrected chi connectivity index (χ0v) is 29.5. The number of phenolic OH excluding ortho intramolecular Hbond substituents is 1. The van der Waals surface area contributed by atoms with Crippen LogP contribution in [0.25, 0.3) is 11.3 Å². The van der Waals surface area contributed by atoms with Gasteiger partial charge in [-0.1, -0.05) is 12.1 Å². The number of fused-ring (bicyclic) bond motifs is 2. The fraction of sp³-hybridized carbons (Fsp3) is 0.268. The molecular weight excluding hydrogens is 682 g/mol. The van der Waals surface area contributed by atoms with Gasteiger partial charge in [0.2, 0.25) is 0 Å². The van der Waals surface area contributed by atoms with Crippen LogP contribution in [-0.4, -0.2) is 60.2 Å². The van der Waals surface area contributed by atoms with E-state index in [-0.39, 0.29) is 47.9 Å². The van der Waals surface area contributed by atoms with E-state index in [0.29, 0.717) is 43.0 Å². The lowest BCUT2D eigenvalue weighted by molar-refractivity contribution is -0.119. The lowest BCUT2D eigenvalue weighted by Crippen LogP contribution is -2.28. The summed E-state index contributed by atoms with van der Waals surface area (Å²) in [4.78, 5) is 38.3. The van der Waals surface area contributed by atoms with Gasteiger partial charge in [-0.15, -0.1) is 0 Å². The molecule has 272 valence electrons. The standard InChI is InChI=1S/C21H21FN2O4.C20H17FN2O2/c1-27-19-10-17(18(22)11-20(19)28-2)16-9-14(25)8-12-7-13(3-4-15(12)16)24-6-5-23-21(24)26;1-11-6-16-13(8-19(11)25)7-15(24)9-17(16)18-10-22-23-20(18)12-2-4-14(21)5-3-12/h3-4,7,10-11,16H,5-6,8-9H2,1-2H3,(H,23,26);2-6,8,10,17,25H,7,9H2,1H3,(H,22,23). The normalized spacial score (nSPS) is 17.8. The highest BCUT2D eigenvalue weighted by Crippen LogP contribution is 2.43. The van der Waals surface area contributed by atoms with E-state index in [4.69, 9.17) is 9.47 Å². The van der Waals surface area contributed by atoms with Gasteiger partial charge in [0.1, 0.15) is 29.0 Å². The second-order valence-electron chi connectivity index (χ2n) is 13.5. The number of carbonyl (C=O) groups excluding carboxylic acids is 3. The molecule has 2 heterocycles. The highest BCUT2D eigenvalue weighted by Gasteiger charge is 2.32. The van der Waals surface area contributed by atoms with E-state index in [9.17, 15) is 28.3 Å². The molecule has 8 rings (SSSR count). The number of carbonyl (C=O) groups is 3. The Labute approximate surface area is 304 Å². The number of rotatable bonds is 6. The van der Waals surface area contributed by atoms with Gasteiger partial charge in [-0.3, -0.25) is 19.6 Å². The minimum atomic E-state index is -0.439. The fourth-order valence-electron chi connectivity index (χ4n) is 7.55. The monoisotopic (exact) mass is 720 g/mol. The maximum absolute atomic E-state index is 14.8. The summed E-state index contributed by atoms with van der Waals surface area (Å²) in [7, 11) is 2.94. The van der Waals surface area contributed by atoms with Crippen LogP contribution in [0.15, 0.2) is 72.9 Å². The third kappa shape index (κ3) is 6.96. The second kappa shape index (κ2) is 14.5. The van der Waals surface area contributed by atoms with Crippen molar-refractivity contribution in [2.75, 3.05) is 32.2 Å². The molecule has 53 heavy (non-hydrogen) atoms. The van der Waals surface area contributed by atoms with Crippen molar-refractivity contribution in [3.63, 3.8) is 0 Å². The van der Waals surface area contributed by atoms with E-state index >= 15 is 0 Å². The number of Topliss-reactive ketones (excluding diaryl/α,β-unsaturated/α-hetero) is 2. The maximum atomic E-state index is 14.8. The number of nitrogens with zero attached hydrogens (tertiary/aromatic N) is 2. The van der Waals surface area contributed by atoms with E-state index < -0.39 is 11.7 Å². The molecule has 2 amide bonds. The molecule has 2 atom stereocenters. The van der Waals surface area contributed by atoms with E-state index in [0.717, 1.165) is 50.3 Å². The third-order valence-electron chi connectivity index (χ3n) is 10.2. The third-order valence-corrected chi connectivity index (χ3v) is 10.2. The number of amides is 2. The zero-order chi connectivity index (χ0) is 37.4. The molecule has 1 saturated heterocycles. The number of hydrogen-bond donors (Lipinski definition) is 3. The first kappa shape index (κ1) is 35.4.